The number of nitrogens with zero attached hydrogens (tertiary/aromatic N) is 1. The molecule has 1 saturated heterocycles. The van der Waals surface area contributed by atoms with Crippen molar-refractivity contribution in [3.63, 3.8) is 0 Å². The molecule has 0 spiro atoms. The maximum absolute atomic E-state index is 6.30. The minimum Gasteiger partial charge on any atom is -0.357 e. The third-order valence-corrected chi connectivity index (χ3v) is 5.32. The molecule has 3 atom stereocenters. The second kappa shape index (κ2) is 8.10. The van der Waals surface area contributed by atoms with Gasteiger partial charge in [-0.3, -0.25) is 4.90 Å². The van der Waals surface area contributed by atoms with E-state index in [-0.39, 0.29) is 18.3 Å². The number of hydrogen-bond donors (Lipinski definition) is 0. The Bertz CT molecular complexity index is 832. The van der Waals surface area contributed by atoms with Crippen LogP contribution in [0.25, 0.3) is 0 Å². The highest BCUT2D eigenvalue weighted by Crippen LogP contribution is 2.45. The minimum atomic E-state index is -0.130. The summed E-state index contributed by atoms with van der Waals surface area (Å²) in [4.78, 5) is 2.40. The van der Waals surface area contributed by atoms with Crippen molar-refractivity contribution in [3.05, 3.63) is 119 Å². The Morgan fingerprint density at radius 3 is 2.07 bits per heavy atom. The maximum atomic E-state index is 6.30. The molecule has 0 N–H and O–H groups in total. The highest BCUT2D eigenvalue weighted by atomic mass is 35.5. The van der Waals surface area contributed by atoms with Gasteiger partial charge in [0.25, 0.3) is 0 Å². The van der Waals surface area contributed by atoms with Gasteiger partial charge < -0.3 is 4.74 Å². The molecule has 0 aromatic heterocycles. The third-order valence-electron chi connectivity index (χ3n) is 5.07. The van der Waals surface area contributed by atoms with E-state index in [1.54, 1.807) is 0 Å². The van der Waals surface area contributed by atoms with Gasteiger partial charge in [0.2, 0.25) is 0 Å². The first-order valence-corrected chi connectivity index (χ1v) is 9.52. The summed E-state index contributed by atoms with van der Waals surface area (Å²) in [6, 6.07) is 29.1. The Balaban J connectivity index is 1.77. The first-order chi connectivity index (χ1) is 13.3. The molecule has 1 aliphatic heterocycles. The Morgan fingerprint density at radius 2 is 1.48 bits per heavy atom. The number of ether oxygens (including phenoxy) is 1. The van der Waals surface area contributed by atoms with Crippen molar-refractivity contribution in [1.82, 2.24) is 4.90 Å². The molecule has 1 heterocycles. The second-order valence-electron chi connectivity index (χ2n) is 6.70. The van der Waals surface area contributed by atoms with Gasteiger partial charge in [-0.25, -0.2) is 0 Å². The fourth-order valence-corrected chi connectivity index (χ4v) is 3.90. The van der Waals surface area contributed by atoms with E-state index in [2.05, 4.69) is 72.1 Å². The van der Waals surface area contributed by atoms with Gasteiger partial charge in [0.05, 0.1) is 18.7 Å². The van der Waals surface area contributed by atoms with Gasteiger partial charge in [-0.15, -0.1) is 6.58 Å². The molecule has 0 unspecified atom stereocenters. The lowest BCUT2D eigenvalue weighted by atomic mass is 9.99. The fourth-order valence-electron chi connectivity index (χ4n) is 3.78. The summed E-state index contributed by atoms with van der Waals surface area (Å²) in [5, 5.41) is 0.735. The molecular formula is C24H22ClNO. The SMILES string of the molecule is C=C[C@H](c1ccc(Cl)cc1)N1[C@@H](c2ccccc2)OC[C@H]1c1ccccc1. The van der Waals surface area contributed by atoms with E-state index in [1.165, 1.54) is 5.56 Å². The van der Waals surface area contributed by atoms with Crippen molar-refractivity contribution < 1.29 is 4.74 Å². The van der Waals surface area contributed by atoms with E-state index in [1.807, 2.05) is 30.3 Å². The van der Waals surface area contributed by atoms with E-state index < -0.39 is 0 Å². The van der Waals surface area contributed by atoms with Crippen LogP contribution in [0.1, 0.15) is 35.0 Å². The van der Waals surface area contributed by atoms with Crippen LogP contribution in [0, 0.1) is 0 Å². The largest absolute Gasteiger partial charge is 0.357 e. The Morgan fingerprint density at radius 1 is 0.889 bits per heavy atom. The van der Waals surface area contributed by atoms with Crippen molar-refractivity contribution in [2.45, 2.75) is 18.3 Å². The van der Waals surface area contributed by atoms with Crippen molar-refractivity contribution >= 4 is 11.6 Å². The molecule has 1 fully saturated rings. The van der Waals surface area contributed by atoms with Crippen molar-refractivity contribution in [1.29, 1.82) is 0 Å². The van der Waals surface area contributed by atoms with Crippen molar-refractivity contribution in [3.8, 4) is 0 Å². The van der Waals surface area contributed by atoms with Crippen LogP contribution in [0.15, 0.2) is 97.6 Å². The standard InChI is InChI=1S/C24H22ClNO/c1-2-22(19-13-15-21(25)16-14-19)26-23(18-9-5-3-6-10-18)17-27-24(26)20-11-7-4-8-12-20/h2-16,22-24H,1,17H2/t22-,23+,24-/m1/s1. The van der Waals surface area contributed by atoms with Crippen LogP contribution in [0.3, 0.4) is 0 Å². The van der Waals surface area contributed by atoms with E-state index in [0.29, 0.717) is 6.61 Å². The highest BCUT2D eigenvalue weighted by molar-refractivity contribution is 6.30. The monoisotopic (exact) mass is 375 g/mol. The zero-order valence-corrected chi connectivity index (χ0v) is 15.8. The third kappa shape index (κ3) is 3.70. The van der Waals surface area contributed by atoms with Crippen LogP contribution in [0.4, 0.5) is 0 Å². The van der Waals surface area contributed by atoms with E-state index >= 15 is 0 Å². The average molecular weight is 376 g/mol. The molecule has 3 aromatic carbocycles. The van der Waals surface area contributed by atoms with Gasteiger partial charge in [0.1, 0.15) is 6.23 Å². The number of hydrogen-bond acceptors (Lipinski definition) is 2. The Labute approximate surface area is 165 Å². The van der Waals surface area contributed by atoms with Gasteiger partial charge in [-0.1, -0.05) is 90.5 Å². The normalized spacial score (nSPS) is 21.1. The molecular weight excluding hydrogens is 354 g/mol. The van der Waals surface area contributed by atoms with Crippen molar-refractivity contribution in [2.24, 2.45) is 0 Å². The number of rotatable bonds is 5. The van der Waals surface area contributed by atoms with Crippen LogP contribution in [0.2, 0.25) is 5.02 Å². The minimum absolute atomic E-state index is 0.0141. The predicted octanol–water partition coefficient (Wildman–Crippen LogP) is 6.34. The molecule has 3 aromatic rings. The van der Waals surface area contributed by atoms with Crippen LogP contribution < -0.4 is 0 Å². The molecule has 0 saturated carbocycles. The predicted molar refractivity (Wildman–Crippen MR) is 111 cm³/mol. The lowest BCUT2D eigenvalue weighted by Crippen LogP contribution is -2.30. The summed E-state index contributed by atoms with van der Waals surface area (Å²) in [6.45, 7) is 4.77. The van der Waals surface area contributed by atoms with Crippen LogP contribution >= 0.6 is 11.6 Å². The highest BCUT2D eigenvalue weighted by Gasteiger charge is 2.40. The Kier molecular flexibility index (Phi) is 5.40. The number of benzene rings is 3. The van der Waals surface area contributed by atoms with Crippen LogP contribution in [0.5, 0.6) is 0 Å². The quantitative estimate of drug-likeness (QED) is 0.482. The fraction of sp³-hybridized carbons (Fsp3) is 0.167. The summed E-state index contributed by atoms with van der Waals surface area (Å²) in [5.74, 6) is 0. The zero-order chi connectivity index (χ0) is 18.6. The maximum Gasteiger partial charge on any atom is 0.138 e. The molecule has 136 valence electrons. The molecule has 0 bridgehead atoms. The molecule has 2 nitrogen and oxygen atoms in total. The molecule has 3 heteroatoms. The molecule has 0 amide bonds. The summed E-state index contributed by atoms with van der Waals surface area (Å²) in [6.07, 6.45) is 1.86. The summed E-state index contributed by atoms with van der Waals surface area (Å²) in [5.41, 5.74) is 3.55. The molecule has 1 aliphatic rings. The van der Waals surface area contributed by atoms with E-state index in [0.717, 1.165) is 16.1 Å². The lowest BCUT2D eigenvalue weighted by molar-refractivity contribution is 0.0142. The summed E-state index contributed by atoms with van der Waals surface area (Å²) in [7, 11) is 0. The van der Waals surface area contributed by atoms with Crippen LogP contribution in [-0.2, 0) is 4.74 Å². The van der Waals surface area contributed by atoms with Gasteiger partial charge in [0.15, 0.2) is 0 Å². The smallest absolute Gasteiger partial charge is 0.138 e. The lowest BCUT2D eigenvalue weighted by Gasteiger charge is -2.35. The van der Waals surface area contributed by atoms with E-state index in [4.69, 9.17) is 16.3 Å². The average Bonchev–Trinajstić information content (AvgIpc) is 3.16. The second-order valence-corrected chi connectivity index (χ2v) is 7.14. The van der Waals surface area contributed by atoms with Crippen molar-refractivity contribution in [2.75, 3.05) is 6.61 Å². The van der Waals surface area contributed by atoms with Crippen LogP contribution in [-0.4, -0.2) is 11.5 Å². The van der Waals surface area contributed by atoms with Gasteiger partial charge in [-0.2, -0.15) is 0 Å². The van der Waals surface area contributed by atoms with Gasteiger partial charge in [-0.05, 0) is 28.8 Å². The van der Waals surface area contributed by atoms with Gasteiger partial charge in [0, 0.05) is 5.02 Å². The Hall–Kier alpha value is -2.39. The molecule has 4 rings (SSSR count). The first kappa shape index (κ1) is 18.0. The topological polar surface area (TPSA) is 12.5 Å². The summed E-state index contributed by atoms with van der Waals surface area (Å²) < 4.78 is 6.30. The molecule has 0 radical (unpaired) electrons. The molecule has 0 aliphatic carbocycles. The molecule has 27 heavy (non-hydrogen) atoms. The first-order valence-electron chi connectivity index (χ1n) is 9.15. The number of halogens is 1. The van der Waals surface area contributed by atoms with Gasteiger partial charge >= 0.3 is 0 Å². The summed E-state index contributed by atoms with van der Waals surface area (Å²) >= 11 is 6.10. The zero-order valence-electron chi connectivity index (χ0n) is 15.0. The van der Waals surface area contributed by atoms with E-state index in [9.17, 15) is 0 Å².